The van der Waals surface area contributed by atoms with Crippen molar-refractivity contribution in [3.8, 4) is 17.2 Å². The van der Waals surface area contributed by atoms with Gasteiger partial charge in [-0.05, 0) is 69.0 Å². The molecule has 0 bridgehead atoms. The minimum absolute atomic E-state index is 0. The summed E-state index contributed by atoms with van der Waals surface area (Å²) in [4.78, 5) is 5.50. The minimum atomic E-state index is -0.240. The molecule has 2 aliphatic heterocycles. The Hall–Kier alpha value is -2.20. The fourth-order valence-corrected chi connectivity index (χ4v) is 5.50. The van der Waals surface area contributed by atoms with Crippen molar-refractivity contribution in [2.24, 2.45) is 4.99 Å². The Morgan fingerprint density at radius 2 is 1.65 bits per heavy atom. The van der Waals surface area contributed by atoms with Gasteiger partial charge in [0.25, 0.3) is 0 Å². The average molecular weight is 442 g/mol. The first kappa shape index (κ1) is 22.0. The number of ether oxygens (including phenoxy) is 3. The molecule has 0 radical (unpaired) electrons. The highest BCUT2D eigenvalue weighted by Gasteiger charge is 2.42. The Bertz CT molecular complexity index is 1000. The van der Waals surface area contributed by atoms with Gasteiger partial charge in [-0.3, -0.25) is 4.99 Å². The van der Waals surface area contributed by atoms with Gasteiger partial charge in [-0.15, -0.1) is 12.4 Å². The van der Waals surface area contributed by atoms with Crippen LogP contribution in [0.3, 0.4) is 0 Å². The number of rotatable bonds is 3. The molecule has 0 unspecified atom stereocenters. The lowest BCUT2D eigenvalue weighted by atomic mass is 9.73. The lowest BCUT2D eigenvalue weighted by Crippen LogP contribution is -2.38. The number of hydrogen-bond acceptors (Lipinski definition) is 4. The molecular weight excluding hydrogens is 410 g/mol. The number of methoxy groups -OCH3 is 2. The maximum Gasteiger partial charge on any atom is 0.166 e. The predicted octanol–water partition coefficient (Wildman–Crippen LogP) is 5.94. The summed E-state index contributed by atoms with van der Waals surface area (Å²) >= 11 is 0. The van der Waals surface area contributed by atoms with Crippen molar-refractivity contribution in [2.75, 3.05) is 14.2 Å². The Morgan fingerprint density at radius 3 is 2.29 bits per heavy atom. The van der Waals surface area contributed by atoms with Crippen molar-refractivity contribution in [3.05, 3.63) is 52.6 Å². The molecule has 166 valence electrons. The van der Waals surface area contributed by atoms with Crippen LogP contribution in [-0.4, -0.2) is 31.1 Å². The quantitative estimate of drug-likeness (QED) is 0.592. The van der Waals surface area contributed by atoms with Gasteiger partial charge in [0.2, 0.25) is 0 Å². The first-order valence-electron chi connectivity index (χ1n) is 11.1. The van der Waals surface area contributed by atoms with E-state index in [-0.39, 0.29) is 23.5 Å². The van der Waals surface area contributed by atoms with E-state index in [9.17, 15) is 0 Å². The number of hydrogen-bond donors (Lipinski definition) is 0. The third kappa shape index (κ3) is 3.80. The number of halogens is 1. The number of nitrogens with zero attached hydrogens (tertiary/aromatic N) is 1. The molecule has 4 nitrogen and oxygen atoms in total. The summed E-state index contributed by atoms with van der Waals surface area (Å²) in [6.45, 7) is 4.29. The average Bonchev–Trinajstić information content (AvgIpc) is 3.08. The molecule has 31 heavy (non-hydrogen) atoms. The molecule has 2 heterocycles. The molecule has 0 amide bonds. The van der Waals surface area contributed by atoms with E-state index in [0.29, 0.717) is 0 Å². The number of fused-ring (bicyclic) bond motifs is 3. The third-order valence-corrected chi connectivity index (χ3v) is 6.88. The first-order valence-corrected chi connectivity index (χ1v) is 11.1. The fourth-order valence-electron chi connectivity index (χ4n) is 5.50. The molecule has 0 N–H and O–H groups in total. The highest BCUT2D eigenvalue weighted by atomic mass is 35.5. The van der Waals surface area contributed by atoms with Gasteiger partial charge in [0.1, 0.15) is 11.4 Å². The molecule has 0 saturated heterocycles. The van der Waals surface area contributed by atoms with Crippen molar-refractivity contribution >= 4 is 18.1 Å². The van der Waals surface area contributed by atoms with Gasteiger partial charge in [-0.2, -0.15) is 0 Å². The second-order valence-electron chi connectivity index (χ2n) is 9.61. The highest BCUT2D eigenvalue weighted by molar-refractivity contribution is 6.16. The summed E-state index contributed by atoms with van der Waals surface area (Å²) in [7, 11) is 3.45. The van der Waals surface area contributed by atoms with Crippen LogP contribution in [0.5, 0.6) is 17.2 Å². The Kier molecular flexibility index (Phi) is 5.72. The number of aliphatic imine (C=N–C) groups is 1. The molecule has 5 heteroatoms. The zero-order chi connectivity index (χ0) is 20.9. The lowest BCUT2D eigenvalue weighted by Gasteiger charge is -2.39. The van der Waals surface area contributed by atoms with Crippen LogP contribution in [0.2, 0.25) is 0 Å². The lowest BCUT2D eigenvalue weighted by molar-refractivity contribution is 0.134. The van der Waals surface area contributed by atoms with Gasteiger partial charge in [-0.25, -0.2) is 0 Å². The van der Waals surface area contributed by atoms with Crippen LogP contribution in [-0.2, 0) is 12.8 Å². The Morgan fingerprint density at radius 1 is 0.935 bits per heavy atom. The smallest absolute Gasteiger partial charge is 0.166 e. The van der Waals surface area contributed by atoms with E-state index in [1.54, 1.807) is 14.2 Å². The fraction of sp³-hybridized carbons (Fsp3) is 0.500. The Labute approximate surface area is 191 Å². The topological polar surface area (TPSA) is 40.0 Å². The second-order valence-corrected chi connectivity index (χ2v) is 9.61. The third-order valence-electron chi connectivity index (χ3n) is 6.88. The van der Waals surface area contributed by atoms with Gasteiger partial charge in [0, 0.05) is 23.1 Å². The van der Waals surface area contributed by atoms with Crippen molar-refractivity contribution in [1.29, 1.82) is 0 Å². The molecule has 2 aromatic carbocycles. The molecule has 3 aliphatic rings. The van der Waals surface area contributed by atoms with Gasteiger partial charge >= 0.3 is 0 Å². The summed E-state index contributed by atoms with van der Waals surface area (Å²) in [5.74, 6) is 2.62. The van der Waals surface area contributed by atoms with E-state index >= 15 is 0 Å². The van der Waals surface area contributed by atoms with Gasteiger partial charge in [0.15, 0.2) is 11.5 Å². The standard InChI is InChI=1S/C26H31NO3.ClH/c1-25(2)16-20-22-18(14-21(29-4)24(20)30-25)15-26(12-6-5-7-13-26)27-23(22)17-8-10-19(28-3)11-9-17;/h8-11,14H,5-7,12-13,15-16H2,1-4H3;1H. The monoisotopic (exact) mass is 441 g/mol. The number of benzene rings is 2. The summed E-state index contributed by atoms with van der Waals surface area (Å²) in [5.41, 5.74) is 5.89. The van der Waals surface area contributed by atoms with Gasteiger partial charge in [-0.1, -0.05) is 19.3 Å². The second kappa shape index (κ2) is 8.05. The molecule has 5 rings (SSSR count). The highest BCUT2D eigenvalue weighted by Crippen LogP contribution is 2.49. The molecule has 1 spiro atoms. The SMILES string of the molecule is COc1ccc(C2=NC3(CCCCC3)Cc3cc(OC)c4c(c32)CC(C)(C)O4)cc1.Cl. The van der Waals surface area contributed by atoms with Crippen molar-refractivity contribution in [2.45, 2.75) is 69.9 Å². The van der Waals surface area contributed by atoms with Crippen LogP contribution in [0.15, 0.2) is 35.3 Å². The van der Waals surface area contributed by atoms with Crippen LogP contribution >= 0.6 is 12.4 Å². The molecule has 1 aliphatic carbocycles. The molecule has 2 aromatic rings. The van der Waals surface area contributed by atoms with Gasteiger partial charge in [0.05, 0.1) is 25.5 Å². The Balaban J connectivity index is 0.00000231. The van der Waals surface area contributed by atoms with E-state index in [2.05, 4.69) is 32.0 Å². The molecule has 1 saturated carbocycles. The van der Waals surface area contributed by atoms with Crippen molar-refractivity contribution in [1.82, 2.24) is 0 Å². The van der Waals surface area contributed by atoms with Crippen LogP contribution in [0.1, 0.15) is 68.2 Å². The summed E-state index contributed by atoms with van der Waals surface area (Å²) in [5, 5.41) is 0. The zero-order valence-corrected chi connectivity index (χ0v) is 19.7. The van der Waals surface area contributed by atoms with Gasteiger partial charge < -0.3 is 14.2 Å². The van der Waals surface area contributed by atoms with Crippen molar-refractivity contribution in [3.63, 3.8) is 0 Å². The molecule has 0 atom stereocenters. The predicted molar refractivity (Wildman–Crippen MR) is 127 cm³/mol. The minimum Gasteiger partial charge on any atom is -0.497 e. The van der Waals surface area contributed by atoms with E-state index in [0.717, 1.165) is 54.2 Å². The normalized spacial score (nSPS) is 20.1. The molecule has 1 fully saturated rings. The largest absolute Gasteiger partial charge is 0.497 e. The van der Waals surface area contributed by atoms with Crippen LogP contribution in [0.25, 0.3) is 0 Å². The van der Waals surface area contributed by atoms with E-state index in [1.165, 1.54) is 36.0 Å². The first-order chi connectivity index (χ1) is 14.4. The molecular formula is C26H32ClNO3. The summed E-state index contributed by atoms with van der Waals surface area (Å²) in [6, 6.07) is 10.6. The maximum atomic E-state index is 6.34. The van der Waals surface area contributed by atoms with Crippen LogP contribution in [0, 0.1) is 0 Å². The summed E-state index contributed by atoms with van der Waals surface area (Å²) in [6.07, 6.45) is 8.01. The molecule has 0 aromatic heterocycles. The van der Waals surface area contributed by atoms with Crippen molar-refractivity contribution < 1.29 is 14.2 Å². The maximum absolute atomic E-state index is 6.34. The van der Waals surface area contributed by atoms with E-state index in [1.807, 2.05) is 12.1 Å². The zero-order valence-electron chi connectivity index (χ0n) is 18.9. The van der Waals surface area contributed by atoms with E-state index in [4.69, 9.17) is 19.2 Å². The summed E-state index contributed by atoms with van der Waals surface area (Å²) < 4.78 is 17.5. The van der Waals surface area contributed by atoms with Crippen LogP contribution < -0.4 is 14.2 Å². The van der Waals surface area contributed by atoms with E-state index < -0.39 is 0 Å². The van der Waals surface area contributed by atoms with Crippen LogP contribution in [0.4, 0.5) is 0 Å².